The summed E-state index contributed by atoms with van der Waals surface area (Å²) >= 11 is 0. The van der Waals surface area contributed by atoms with Crippen LogP contribution < -0.4 is 0 Å². The van der Waals surface area contributed by atoms with Crippen molar-refractivity contribution in [3.63, 3.8) is 0 Å². The maximum Gasteiger partial charge on any atom is 0.266 e. The molecule has 3 aromatic heterocycles. The number of carbonyl (C=O) groups is 1. The highest BCUT2D eigenvalue weighted by Crippen LogP contribution is 2.33. The molecule has 0 N–H and O–H groups in total. The summed E-state index contributed by atoms with van der Waals surface area (Å²) in [5.41, 5.74) is 3.46. The highest BCUT2D eigenvalue weighted by molar-refractivity contribution is 5.88. The van der Waals surface area contributed by atoms with Gasteiger partial charge < -0.3 is 13.7 Å². The number of pyridine rings is 1. The molecule has 1 fully saturated rings. The van der Waals surface area contributed by atoms with Gasteiger partial charge in [-0.1, -0.05) is 18.2 Å². The van der Waals surface area contributed by atoms with Crippen LogP contribution in [0.25, 0.3) is 22.6 Å². The molecular formula is C22H20N4O3. The largest absolute Gasteiger partial charge is 0.464 e. The Hall–Kier alpha value is -3.48. The van der Waals surface area contributed by atoms with E-state index in [0.29, 0.717) is 24.0 Å². The summed E-state index contributed by atoms with van der Waals surface area (Å²) in [6, 6.07) is 11.3. The van der Waals surface area contributed by atoms with E-state index in [1.807, 2.05) is 48.2 Å². The van der Waals surface area contributed by atoms with Gasteiger partial charge in [-0.3, -0.25) is 9.78 Å². The van der Waals surface area contributed by atoms with Crippen molar-refractivity contribution < 1.29 is 13.6 Å². The van der Waals surface area contributed by atoms with Crippen molar-refractivity contribution >= 4 is 16.9 Å². The first-order chi connectivity index (χ1) is 14.2. The summed E-state index contributed by atoms with van der Waals surface area (Å²) < 4.78 is 11.5. The number of nitrogens with zero attached hydrogens (tertiary/aromatic N) is 4. The summed E-state index contributed by atoms with van der Waals surface area (Å²) in [6.45, 7) is 2.70. The molecule has 1 atom stereocenters. The molecule has 1 aromatic carbocycles. The second-order valence-corrected chi connectivity index (χ2v) is 7.34. The number of carbonyl (C=O) groups excluding carboxylic acids is 1. The lowest BCUT2D eigenvalue weighted by atomic mass is 10.1. The van der Waals surface area contributed by atoms with E-state index in [0.717, 1.165) is 34.9 Å². The van der Waals surface area contributed by atoms with Crippen LogP contribution in [0.15, 0.2) is 57.7 Å². The van der Waals surface area contributed by atoms with Gasteiger partial charge in [0.05, 0.1) is 12.7 Å². The number of benzene rings is 1. The van der Waals surface area contributed by atoms with E-state index < -0.39 is 0 Å². The van der Waals surface area contributed by atoms with Crippen molar-refractivity contribution in [2.24, 2.45) is 0 Å². The third kappa shape index (κ3) is 3.29. The predicted molar refractivity (Wildman–Crippen MR) is 106 cm³/mol. The predicted octanol–water partition coefficient (Wildman–Crippen LogP) is 4.09. The summed E-state index contributed by atoms with van der Waals surface area (Å²) in [4.78, 5) is 19.1. The topological polar surface area (TPSA) is 85.3 Å². The average molecular weight is 388 g/mol. The van der Waals surface area contributed by atoms with Crippen LogP contribution in [-0.2, 0) is 11.2 Å². The molecule has 1 unspecified atom stereocenters. The van der Waals surface area contributed by atoms with Gasteiger partial charge in [-0.2, -0.15) is 0 Å². The quantitative estimate of drug-likeness (QED) is 0.523. The van der Waals surface area contributed by atoms with Crippen molar-refractivity contribution in [3.05, 3.63) is 65.9 Å². The monoisotopic (exact) mass is 388 g/mol. The molecule has 1 amide bonds. The minimum atomic E-state index is -0.201. The van der Waals surface area contributed by atoms with Gasteiger partial charge in [-0.25, -0.2) is 0 Å². The van der Waals surface area contributed by atoms with Gasteiger partial charge in [0, 0.05) is 23.7 Å². The van der Waals surface area contributed by atoms with Crippen LogP contribution in [0.1, 0.15) is 35.9 Å². The van der Waals surface area contributed by atoms with E-state index in [1.54, 1.807) is 12.5 Å². The Bertz CT molecular complexity index is 1170. The van der Waals surface area contributed by atoms with Gasteiger partial charge in [0.15, 0.2) is 0 Å². The molecule has 29 heavy (non-hydrogen) atoms. The number of likely N-dealkylation sites (tertiary alicyclic amines) is 1. The van der Waals surface area contributed by atoms with Crippen LogP contribution in [0, 0.1) is 6.92 Å². The molecule has 4 aromatic rings. The molecule has 1 saturated heterocycles. The van der Waals surface area contributed by atoms with E-state index in [-0.39, 0.29) is 18.4 Å². The van der Waals surface area contributed by atoms with Crippen molar-refractivity contribution in [3.8, 4) is 11.6 Å². The van der Waals surface area contributed by atoms with Crippen LogP contribution in [0.2, 0.25) is 0 Å². The molecule has 7 heteroatoms. The molecule has 0 saturated carbocycles. The third-order valence-electron chi connectivity index (χ3n) is 5.34. The Morgan fingerprint density at radius 2 is 2.17 bits per heavy atom. The maximum atomic E-state index is 13.1. The first-order valence-corrected chi connectivity index (χ1v) is 9.70. The number of hydrogen-bond donors (Lipinski definition) is 0. The molecule has 0 aliphatic carbocycles. The zero-order chi connectivity index (χ0) is 19.8. The molecule has 146 valence electrons. The number of furan rings is 1. The summed E-state index contributed by atoms with van der Waals surface area (Å²) in [5, 5.41) is 9.29. The third-order valence-corrected chi connectivity index (χ3v) is 5.34. The highest BCUT2D eigenvalue weighted by Gasteiger charge is 2.34. The molecule has 4 heterocycles. The second kappa shape index (κ2) is 7.16. The van der Waals surface area contributed by atoms with Gasteiger partial charge in [0.1, 0.15) is 17.3 Å². The Balaban J connectivity index is 1.36. The first kappa shape index (κ1) is 17.6. The minimum Gasteiger partial charge on any atom is -0.464 e. The van der Waals surface area contributed by atoms with Gasteiger partial charge in [-0.05, 0) is 43.5 Å². The van der Waals surface area contributed by atoms with Gasteiger partial charge in [0.25, 0.3) is 5.89 Å². The number of aryl methyl sites for hydroxylation is 1. The zero-order valence-corrected chi connectivity index (χ0v) is 16.0. The Morgan fingerprint density at radius 1 is 1.24 bits per heavy atom. The minimum absolute atomic E-state index is 0.0355. The van der Waals surface area contributed by atoms with Crippen molar-refractivity contribution in [2.75, 3.05) is 6.54 Å². The standard InChI is InChI=1S/C22H20N4O3/c1-14-7-8-16-15(13-28-19(16)11-14)12-20(27)26-10-4-6-18(26)22-25-24-21(29-22)17-5-2-3-9-23-17/h2-3,5,7-9,11,13,18H,4,6,10,12H2,1H3. The van der Waals surface area contributed by atoms with E-state index in [1.165, 1.54) is 0 Å². The van der Waals surface area contributed by atoms with Crippen molar-refractivity contribution in [2.45, 2.75) is 32.2 Å². The summed E-state index contributed by atoms with van der Waals surface area (Å²) in [6.07, 6.45) is 5.36. The number of aromatic nitrogens is 3. The van der Waals surface area contributed by atoms with Gasteiger partial charge >= 0.3 is 0 Å². The number of fused-ring (bicyclic) bond motifs is 1. The Morgan fingerprint density at radius 3 is 3.03 bits per heavy atom. The van der Waals surface area contributed by atoms with Crippen LogP contribution in [0.4, 0.5) is 0 Å². The lowest BCUT2D eigenvalue weighted by Crippen LogP contribution is -2.32. The smallest absolute Gasteiger partial charge is 0.266 e. The van der Waals surface area contributed by atoms with E-state index in [9.17, 15) is 4.79 Å². The second-order valence-electron chi connectivity index (χ2n) is 7.34. The Labute approximate surface area is 167 Å². The van der Waals surface area contributed by atoms with Crippen LogP contribution in [-0.4, -0.2) is 32.5 Å². The fourth-order valence-electron chi connectivity index (χ4n) is 3.88. The molecule has 5 rings (SSSR count). The first-order valence-electron chi connectivity index (χ1n) is 9.70. The highest BCUT2D eigenvalue weighted by atomic mass is 16.4. The molecule has 1 aliphatic rings. The molecule has 1 aliphatic heterocycles. The summed E-state index contributed by atoms with van der Waals surface area (Å²) in [7, 11) is 0. The van der Waals surface area contributed by atoms with Crippen molar-refractivity contribution in [1.29, 1.82) is 0 Å². The Kier molecular flexibility index (Phi) is 4.35. The molecular weight excluding hydrogens is 368 g/mol. The normalized spacial score (nSPS) is 16.6. The summed E-state index contributed by atoms with van der Waals surface area (Å²) in [5.74, 6) is 0.869. The molecule has 0 spiro atoms. The molecule has 0 bridgehead atoms. The van der Waals surface area contributed by atoms with Crippen LogP contribution in [0.5, 0.6) is 0 Å². The average Bonchev–Trinajstić information content (AvgIpc) is 3.48. The number of amides is 1. The maximum absolute atomic E-state index is 13.1. The van der Waals surface area contributed by atoms with Crippen LogP contribution >= 0.6 is 0 Å². The molecule has 7 nitrogen and oxygen atoms in total. The van der Waals surface area contributed by atoms with E-state index in [2.05, 4.69) is 15.2 Å². The number of hydrogen-bond acceptors (Lipinski definition) is 6. The number of rotatable bonds is 4. The van der Waals surface area contributed by atoms with Gasteiger partial charge in [0.2, 0.25) is 11.8 Å². The lowest BCUT2D eigenvalue weighted by molar-refractivity contribution is -0.131. The van der Waals surface area contributed by atoms with Gasteiger partial charge in [-0.15, -0.1) is 10.2 Å². The fourth-order valence-corrected chi connectivity index (χ4v) is 3.88. The lowest BCUT2D eigenvalue weighted by Gasteiger charge is -2.21. The van der Waals surface area contributed by atoms with Crippen LogP contribution in [0.3, 0.4) is 0 Å². The van der Waals surface area contributed by atoms with E-state index >= 15 is 0 Å². The fraction of sp³-hybridized carbons (Fsp3) is 0.273. The van der Waals surface area contributed by atoms with E-state index in [4.69, 9.17) is 8.83 Å². The zero-order valence-electron chi connectivity index (χ0n) is 16.0. The molecule has 0 radical (unpaired) electrons. The van der Waals surface area contributed by atoms with Crippen molar-refractivity contribution in [1.82, 2.24) is 20.1 Å². The SMILES string of the molecule is Cc1ccc2c(CC(=O)N3CCCC3c3nnc(-c4ccccn4)o3)coc2c1.